The van der Waals surface area contributed by atoms with Crippen molar-refractivity contribution in [3.63, 3.8) is 0 Å². The lowest BCUT2D eigenvalue weighted by Crippen LogP contribution is -2.28. The molecular formula is C17H25NO2. The second-order valence-electron chi connectivity index (χ2n) is 4.60. The molecule has 3 heteroatoms. The molecule has 0 aliphatic heterocycles. The highest BCUT2D eigenvalue weighted by molar-refractivity contribution is 5.93. The number of nitrogens with zero attached hydrogens (tertiary/aromatic N) is 1. The van der Waals surface area contributed by atoms with E-state index in [9.17, 15) is 4.79 Å². The average Bonchev–Trinajstić information content (AvgIpc) is 2.50. The van der Waals surface area contributed by atoms with Gasteiger partial charge in [0.25, 0.3) is 0 Å². The Hall–Kier alpha value is -1.61. The summed E-state index contributed by atoms with van der Waals surface area (Å²) in [7, 11) is 0. The summed E-state index contributed by atoms with van der Waals surface area (Å²) in [6.45, 7) is 9.40. The van der Waals surface area contributed by atoms with Gasteiger partial charge >= 0.3 is 5.97 Å². The molecule has 110 valence electrons. The summed E-state index contributed by atoms with van der Waals surface area (Å²) < 4.78 is 5.35. The van der Waals surface area contributed by atoms with E-state index in [4.69, 9.17) is 4.74 Å². The fourth-order valence-corrected chi connectivity index (χ4v) is 1.96. The lowest BCUT2D eigenvalue weighted by Gasteiger charge is -2.17. The lowest BCUT2D eigenvalue weighted by molar-refractivity contribution is -0.139. The fourth-order valence-electron chi connectivity index (χ4n) is 1.96. The van der Waals surface area contributed by atoms with E-state index in [1.807, 2.05) is 43.3 Å². The molecule has 0 N–H and O–H groups in total. The Morgan fingerprint density at radius 2 is 1.80 bits per heavy atom. The average molecular weight is 275 g/mol. The second kappa shape index (κ2) is 9.32. The number of esters is 1. The minimum atomic E-state index is -0.205. The van der Waals surface area contributed by atoms with Crippen LogP contribution in [0.2, 0.25) is 0 Å². The highest BCUT2D eigenvalue weighted by atomic mass is 16.5. The van der Waals surface area contributed by atoms with Crippen LogP contribution in [0.15, 0.2) is 35.9 Å². The smallest absolute Gasteiger partial charge is 0.334 e. The van der Waals surface area contributed by atoms with Crippen molar-refractivity contribution in [2.45, 2.75) is 27.2 Å². The number of benzene rings is 1. The Morgan fingerprint density at radius 3 is 2.35 bits per heavy atom. The third-order valence-electron chi connectivity index (χ3n) is 3.32. The van der Waals surface area contributed by atoms with Crippen LogP contribution in [0.25, 0.3) is 6.08 Å². The second-order valence-corrected chi connectivity index (χ2v) is 4.60. The summed E-state index contributed by atoms with van der Waals surface area (Å²) >= 11 is 0. The van der Waals surface area contributed by atoms with Crippen molar-refractivity contribution in [1.29, 1.82) is 0 Å². The molecule has 0 aliphatic rings. The molecule has 0 unspecified atom stereocenters. The van der Waals surface area contributed by atoms with E-state index in [2.05, 4.69) is 18.7 Å². The monoisotopic (exact) mass is 275 g/mol. The molecule has 20 heavy (non-hydrogen) atoms. The molecule has 0 saturated heterocycles. The van der Waals surface area contributed by atoms with E-state index in [1.165, 1.54) is 0 Å². The van der Waals surface area contributed by atoms with Gasteiger partial charge in [0.1, 0.15) is 6.61 Å². The van der Waals surface area contributed by atoms with Crippen LogP contribution in [0.4, 0.5) is 0 Å². The van der Waals surface area contributed by atoms with Crippen molar-refractivity contribution < 1.29 is 9.53 Å². The minimum absolute atomic E-state index is 0.205. The standard InChI is InChI=1S/C17H25NO2/c1-4-16(14-15-10-8-7-9-11-15)17(19)20-13-12-18(5-2)6-3/h7-11,14H,4-6,12-13H2,1-3H3. The van der Waals surface area contributed by atoms with Gasteiger partial charge in [-0.25, -0.2) is 4.79 Å². The molecule has 0 fully saturated rings. The van der Waals surface area contributed by atoms with Crippen molar-refractivity contribution in [2.24, 2.45) is 0 Å². The zero-order valence-corrected chi connectivity index (χ0v) is 12.8. The van der Waals surface area contributed by atoms with E-state index in [-0.39, 0.29) is 5.97 Å². The Balaban J connectivity index is 2.53. The molecule has 0 radical (unpaired) electrons. The van der Waals surface area contributed by atoms with Gasteiger partial charge in [-0.3, -0.25) is 0 Å². The van der Waals surface area contributed by atoms with Crippen LogP contribution < -0.4 is 0 Å². The molecular weight excluding hydrogens is 250 g/mol. The maximum Gasteiger partial charge on any atom is 0.334 e. The van der Waals surface area contributed by atoms with Crippen molar-refractivity contribution in [1.82, 2.24) is 4.90 Å². The number of ether oxygens (including phenoxy) is 1. The summed E-state index contributed by atoms with van der Waals surface area (Å²) in [6.07, 6.45) is 2.58. The first-order chi connectivity index (χ1) is 9.71. The number of likely N-dealkylation sites (N-methyl/N-ethyl adjacent to an activating group) is 1. The van der Waals surface area contributed by atoms with Crippen LogP contribution >= 0.6 is 0 Å². The SMILES string of the molecule is CCC(=Cc1ccccc1)C(=O)OCCN(CC)CC. The predicted molar refractivity (Wildman–Crippen MR) is 83.5 cm³/mol. The van der Waals surface area contributed by atoms with Crippen LogP contribution in [0, 0.1) is 0 Å². The number of carbonyl (C=O) groups is 1. The molecule has 1 rings (SSSR count). The van der Waals surface area contributed by atoms with Gasteiger partial charge in [-0.15, -0.1) is 0 Å². The molecule has 1 aromatic rings. The molecule has 3 nitrogen and oxygen atoms in total. The Bertz CT molecular complexity index is 422. The molecule has 0 aromatic heterocycles. The van der Waals surface area contributed by atoms with E-state index in [0.29, 0.717) is 13.0 Å². The topological polar surface area (TPSA) is 29.5 Å². The van der Waals surface area contributed by atoms with Crippen LogP contribution in [-0.2, 0) is 9.53 Å². The van der Waals surface area contributed by atoms with Gasteiger partial charge in [-0.2, -0.15) is 0 Å². The summed E-state index contributed by atoms with van der Waals surface area (Å²) in [5.74, 6) is -0.205. The van der Waals surface area contributed by atoms with Gasteiger partial charge in [0, 0.05) is 12.1 Å². The first-order valence-corrected chi connectivity index (χ1v) is 7.36. The maximum atomic E-state index is 12.0. The van der Waals surface area contributed by atoms with Gasteiger partial charge in [0.15, 0.2) is 0 Å². The zero-order valence-electron chi connectivity index (χ0n) is 12.8. The number of hydrogen-bond acceptors (Lipinski definition) is 3. The zero-order chi connectivity index (χ0) is 14.8. The number of rotatable bonds is 8. The molecule has 0 saturated carbocycles. The Labute approximate surface area is 122 Å². The summed E-state index contributed by atoms with van der Waals surface area (Å²) in [6, 6.07) is 9.86. The van der Waals surface area contributed by atoms with Crippen molar-refractivity contribution in [2.75, 3.05) is 26.2 Å². The van der Waals surface area contributed by atoms with Crippen molar-refractivity contribution in [3.05, 3.63) is 41.5 Å². The van der Waals surface area contributed by atoms with Crippen LogP contribution in [0.1, 0.15) is 32.8 Å². The first-order valence-electron chi connectivity index (χ1n) is 7.36. The van der Waals surface area contributed by atoms with Gasteiger partial charge < -0.3 is 9.64 Å². The predicted octanol–water partition coefficient (Wildman–Crippen LogP) is 3.37. The summed E-state index contributed by atoms with van der Waals surface area (Å²) in [5.41, 5.74) is 1.75. The molecule has 0 heterocycles. The van der Waals surface area contributed by atoms with E-state index in [0.717, 1.165) is 30.8 Å². The highest BCUT2D eigenvalue weighted by Crippen LogP contribution is 2.11. The largest absolute Gasteiger partial charge is 0.461 e. The van der Waals surface area contributed by atoms with Crippen molar-refractivity contribution in [3.8, 4) is 0 Å². The highest BCUT2D eigenvalue weighted by Gasteiger charge is 2.09. The van der Waals surface area contributed by atoms with Gasteiger partial charge in [-0.1, -0.05) is 51.1 Å². The maximum absolute atomic E-state index is 12.0. The van der Waals surface area contributed by atoms with E-state index in [1.54, 1.807) is 0 Å². The third-order valence-corrected chi connectivity index (χ3v) is 3.32. The van der Waals surface area contributed by atoms with Crippen LogP contribution in [-0.4, -0.2) is 37.1 Å². The van der Waals surface area contributed by atoms with Gasteiger partial charge in [-0.05, 0) is 31.1 Å². The van der Waals surface area contributed by atoms with Gasteiger partial charge in [0.05, 0.1) is 0 Å². The van der Waals surface area contributed by atoms with E-state index >= 15 is 0 Å². The van der Waals surface area contributed by atoms with Crippen LogP contribution in [0.3, 0.4) is 0 Å². The third kappa shape index (κ3) is 5.57. The van der Waals surface area contributed by atoms with E-state index < -0.39 is 0 Å². The Kier molecular flexibility index (Phi) is 7.66. The molecule has 0 aliphatic carbocycles. The molecule has 1 aromatic carbocycles. The number of carbonyl (C=O) groups excluding carboxylic acids is 1. The normalized spacial score (nSPS) is 11.7. The van der Waals surface area contributed by atoms with Crippen molar-refractivity contribution >= 4 is 12.0 Å². The fraction of sp³-hybridized carbons (Fsp3) is 0.471. The quantitative estimate of drug-likeness (QED) is 0.538. The van der Waals surface area contributed by atoms with Gasteiger partial charge in [0.2, 0.25) is 0 Å². The first kappa shape index (κ1) is 16.4. The summed E-state index contributed by atoms with van der Waals surface area (Å²) in [5, 5.41) is 0. The molecule has 0 amide bonds. The molecule has 0 atom stereocenters. The van der Waals surface area contributed by atoms with Crippen LogP contribution in [0.5, 0.6) is 0 Å². The molecule has 0 spiro atoms. The molecule has 0 bridgehead atoms. The minimum Gasteiger partial charge on any atom is -0.461 e. The Morgan fingerprint density at radius 1 is 1.15 bits per heavy atom. The lowest BCUT2D eigenvalue weighted by atomic mass is 10.1. The summed E-state index contributed by atoms with van der Waals surface area (Å²) in [4.78, 5) is 14.3. The number of hydrogen-bond donors (Lipinski definition) is 0.